The van der Waals surface area contributed by atoms with Gasteiger partial charge in [0.25, 0.3) is 5.91 Å². The van der Waals surface area contributed by atoms with Gasteiger partial charge in [-0.15, -0.1) is 0 Å². The second kappa shape index (κ2) is 5.79. The van der Waals surface area contributed by atoms with Crippen LogP contribution < -0.4 is 10.6 Å². The number of nitrogens with zero attached hydrogens (tertiary/aromatic N) is 2. The van der Waals surface area contributed by atoms with E-state index in [1.54, 1.807) is 46.6 Å². The van der Waals surface area contributed by atoms with E-state index in [4.69, 9.17) is 5.73 Å². The summed E-state index contributed by atoms with van der Waals surface area (Å²) in [5.74, 6) is -0.104. The van der Waals surface area contributed by atoms with E-state index in [-0.39, 0.29) is 16.8 Å². The lowest BCUT2D eigenvalue weighted by Crippen LogP contribution is -2.47. The van der Waals surface area contributed by atoms with E-state index in [0.717, 1.165) is 30.3 Å². The Kier molecular flexibility index (Phi) is 3.82. The highest BCUT2D eigenvalue weighted by Crippen LogP contribution is 2.40. The van der Waals surface area contributed by atoms with Gasteiger partial charge in [0.15, 0.2) is 0 Å². The second-order valence-electron chi connectivity index (χ2n) is 6.68. The minimum atomic E-state index is -3.67. The molecule has 1 fully saturated rings. The summed E-state index contributed by atoms with van der Waals surface area (Å²) in [6.45, 7) is 0.813. The Hall–Kier alpha value is -1.96. The first-order chi connectivity index (χ1) is 12.0. The molecular formula is C18H21N3O3S. The van der Waals surface area contributed by atoms with Crippen molar-refractivity contribution < 1.29 is 13.2 Å². The summed E-state index contributed by atoms with van der Waals surface area (Å²) in [6.07, 6.45) is 2.63. The van der Waals surface area contributed by atoms with Crippen LogP contribution in [0.3, 0.4) is 0 Å². The molecule has 1 atom stereocenters. The SMILES string of the molecule is CN1C(=O)c2cccc3c(S(=O)(=O)N4CCCCC4CN)ccc1c23. The molecule has 2 aliphatic heterocycles. The van der Waals surface area contributed by atoms with Gasteiger partial charge >= 0.3 is 0 Å². The minimum absolute atomic E-state index is 0.104. The van der Waals surface area contributed by atoms with Crippen LogP contribution in [0.5, 0.6) is 0 Å². The fourth-order valence-electron chi connectivity index (χ4n) is 3.99. The Labute approximate surface area is 147 Å². The zero-order chi connectivity index (χ0) is 17.8. The van der Waals surface area contributed by atoms with Crippen molar-refractivity contribution in [2.24, 2.45) is 5.73 Å². The van der Waals surface area contributed by atoms with Gasteiger partial charge in [0.2, 0.25) is 10.0 Å². The smallest absolute Gasteiger partial charge is 0.258 e. The van der Waals surface area contributed by atoms with Crippen LogP contribution in [0, 0.1) is 0 Å². The third-order valence-corrected chi connectivity index (χ3v) is 7.32. The largest absolute Gasteiger partial charge is 0.329 e. The number of carbonyl (C=O) groups excluding carboxylic acids is 1. The molecule has 0 radical (unpaired) electrons. The van der Waals surface area contributed by atoms with Crippen molar-refractivity contribution in [3.05, 3.63) is 35.9 Å². The van der Waals surface area contributed by atoms with Crippen LogP contribution in [0.1, 0.15) is 29.6 Å². The number of piperidine rings is 1. The third kappa shape index (κ3) is 2.30. The Bertz CT molecular complexity index is 971. The summed E-state index contributed by atoms with van der Waals surface area (Å²) in [5, 5.41) is 1.33. The van der Waals surface area contributed by atoms with E-state index in [9.17, 15) is 13.2 Å². The third-order valence-electron chi connectivity index (χ3n) is 5.31. The zero-order valence-electron chi connectivity index (χ0n) is 14.1. The fourth-order valence-corrected chi connectivity index (χ4v) is 5.88. The second-order valence-corrected chi connectivity index (χ2v) is 8.54. The van der Waals surface area contributed by atoms with Crippen molar-refractivity contribution in [3.8, 4) is 0 Å². The Morgan fingerprint density at radius 3 is 2.76 bits per heavy atom. The maximum absolute atomic E-state index is 13.3. The molecule has 4 rings (SSSR count). The predicted octanol–water partition coefficient (Wildman–Crippen LogP) is 1.93. The van der Waals surface area contributed by atoms with Gasteiger partial charge in [-0.3, -0.25) is 4.79 Å². The topological polar surface area (TPSA) is 83.7 Å². The highest BCUT2D eigenvalue weighted by Gasteiger charge is 2.36. The van der Waals surface area contributed by atoms with Gasteiger partial charge in [-0.25, -0.2) is 8.42 Å². The Morgan fingerprint density at radius 1 is 1.20 bits per heavy atom. The molecule has 0 bridgehead atoms. The van der Waals surface area contributed by atoms with Crippen LogP contribution in [0.4, 0.5) is 5.69 Å². The normalized spacial score (nSPS) is 21.3. The molecule has 2 aromatic rings. The lowest BCUT2D eigenvalue weighted by Gasteiger charge is -2.34. The van der Waals surface area contributed by atoms with Crippen molar-refractivity contribution in [1.29, 1.82) is 0 Å². The first-order valence-corrected chi connectivity index (χ1v) is 9.96. The molecule has 1 saturated heterocycles. The van der Waals surface area contributed by atoms with Crippen LogP contribution in [0.25, 0.3) is 10.8 Å². The van der Waals surface area contributed by atoms with Crippen LogP contribution in [-0.2, 0) is 10.0 Å². The van der Waals surface area contributed by atoms with Crippen LogP contribution in [-0.4, -0.2) is 44.8 Å². The lowest BCUT2D eigenvalue weighted by atomic mass is 10.1. The minimum Gasteiger partial charge on any atom is -0.329 e. The maximum atomic E-state index is 13.3. The number of hydrogen-bond donors (Lipinski definition) is 1. The molecule has 0 aliphatic carbocycles. The summed E-state index contributed by atoms with van der Waals surface area (Å²) in [5.41, 5.74) is 7.13. The average Bonchev–Trinajstić information content (AvgIpc) is 2.88. The fraction of sp³-hybridized carbons (Fsp3) is 0.389. The van der Waals surface area contributed by atoms with E-state index in [0.29, 0.717) is 24.0 Å². The summed E-state index contributed by atoms with van der Waals surface area (Å²) in [6, 6.07) is 8.46. The van der Waals surface area contributed by atoms with E-state index in [2.05, 4.69) is 0 Å². The van der Waals surface area contributed by atoms with Crippen molar-refractivity contribution in [3.63, 3.8) is 0 Å². The molecule has 0 saturated carbocycles. The van der Waals surface area contributed by atoms with Gasteiger partial charge in [0.1, 0.15) is 0 Å². The molecule has 6 nitrogen and oxygen atoms in total. The van der Waals surface area contributed by atoms with Crippen LogP contribution in [0.2, 0.25) is 0 Å². The maximum Gasteiger partial charge on any atom is 0.258 e. The highest BCUT2D eigenvalue weighted by molar-refractivity contribution is 7.89. The van der Waals surface area contributed by atoms with E-state index >= 15 is 0 Å². The molecule has 2 aromatic carbocycles. The number of carbonyl (C=O) groups is 1. The number of benzene rings is 2. The monoisotopic (exact) mass is 359 g/mol. The number of sulfonamides is 1. The van der Waals surface area contributed by atoms with Gasteiger partial charge in [0, 0.05) is 42.5 Å². The average molecular weight is 359 g/mol. The molecule has 1 unspecified atom stereocenters. The number of hydrogen-bond acceptors (Lipinski definition) is 4. The first kappa shape index (κ1) is 16.5. The first-order valence-electron chi connectivity index (χ1n) is 8.52. The molecule has 1 amide bonds. The molecule has 25 heavy (non-hydrogen) atoms. The van der Waals surface area contributed by atoms with Crippen molar-refractivity contribution >= 4 is 32.4 Å². The van der Waals surface area contributed by atoms with Gasteiger partial charge in [-0.1, -0.05) is 18.6 Å². The van der Waals surface area contributed by atoms with E-state index in [1.807, 2.05) is 0 Å². The highest BCUT2D eigenvalue weighted by atomic mass is 32.2. The zero-order valence-corrected chi connectivity index (χ0v) is 14.9. The molecule has 0 spiro atoms. The standard InChI is InChI=1S/C18H21N3O3S/c1-20-15-8-9-16(13-6-4-7-14(17(13)15)18(20)22)25(23,24)21-10-3-2-5-12(21)11-19/h4,6-9,12H,2-3,5,10-11,19H2,1H3. The molecule has 0 aromatic heterocycles. The van der Waals surface area contributed by atoms with Crippen molar-refractivity contribution in [2.45, 2.75) is 30.2 Å². The summed E-state index contributed by atoms with van der Waals surface area (Å²) in [4.78, 5) is 14.2. The Morgan fingerprint density at radius 2 is 2.00 bits per heavy atom. The molecule has 2 aliphatic rings. The summed E-state index contributed by atoms with van der Waals surface area (Å²) in [7, 11) is -1.96. The molecule has 132 valence electrons. The quantitative estimate of drug-likeness (QED) is 0.908. The molecular weight excluding hydrogens is 338 g/mol. The van der Waals surface area contributed by atoms with Gasteiger partial charge in [-0.05, 0) is 31.0 Å². The number of amides is 1. The lowest BCUT2D eigenvalue weighted by molar-refractivity contribution is 0.0999. The van der Waals surface area contributed by atoms with Crippen molar-refractivity contribution in [1.82, 2.24) is 4.31 Å². The Balaban J connectivity index is 1.92. The van der Waals surface area contributed by atoms with Crippen LogP contribution >= 0.6 is 0 Å². The van der Waals surface area contributed by atoms with Gasteiger partial charge in [0.05, 0.1) is 10.6 Å². The molecule has 2 heterocycles. The van der Waals surface area contributed by atoms with Crippen molar-refractivity contribution in [2.75, 3.05) is 25.0 Å². The predicted molar refractivity (Wildman–Crippen MR) is 97.3 cm³/mol. The molecule has 7 heteroatoms. The number of rotatable bonds is 3. The number of anilines is 1. The van der Waals surface area contributed by atoms with Crippen LogP contribution in [0.15, 0.2) is 35.2 Å². The molecule has 2 N–H and O–H groups in total. The van der Waals surface area contributed by atoms with E-state index in [1.165, 1.54) is 0 Å². The van der Waals surface area contributed by atoms with Gasteiger partial charge < -0.3 is 10.6 Å². The summed E-state index contributed by atoms with van der Waals surface area (Å²) >= 11 is 0. The number of nitrogens with two attached hydrogens (primary N) is 1. The van der Waals surface area contributed by atoms with Gasteiger partial charge in [-0.2, -0.15) is 4.31 Å². The summed E-state index contributed by atoms with van der Waals surface area (Å²) < 4.78 is 28.2. The van der Waals surface area contributed by atoms with E-state index < -0.39 is 10.0 Å².